The summed E-state index contributed by atoms with van der Waals surface area (Å²) in [5.41, 5.74) is 10.6. The predicted molar refractivity (Wildman–Crippen MR) is 200 cm³/mol. The summed E-state index contributed by atoms with van der Waals surface area (Å²) in [6.07, 6.45) is 0. The summed E-state index contributed by atoms with van der Waals surface area (Å²) >= 11 is 1.92. The zero-order valence-electron chi connectivity index (χ0n) is 25.8. The molecule has 0 saturated heterocycles. The maximum Gasteiger partial charge on any atom is 0.0433 e. The molecule has 1 aliphatic carbocycles. The Kier molecular flexibility index (Phi) is 5.31. The molecule has 1 aliphatic rings. The molecular formula is C45H30S. The topological polar surface area (TPSA) is 0 Å². The van der Waals surface area contributed by atoms with Gasteiger partial charge in [0.25, 0.3) is 0 Å². The van der Waals surface area contributed by atoms with E-state index in [0.29, 0.717) is 0 Å². The lowest BCUT2D eigenvalue weighted by atomic mass is 9.81. The molecule has 0 atom stereocenters. The largest absolute Gasteiger partial charge is 0.135 e. The number of thiophene rings is 1. The van der Waals surface area contributed by atoms with Crippen LogP contribution < -0.4 is 0 Å². The minimum atomic E-state index is -0.0858. The molecule has 0 nitrogen and oxygen atoms in total. The maximum absolute atomic E-state index is 2.50. The Morgan fingerprint density at radius 2 is 1.00 bits per heavy atom. The van der Waals surface area contributed by atoms with E-state index in [1.165, 1.54) is 97.0 Å². The molecule has 0 aliphatic heterocycles. The molecule has 10 rings (SSSR count). The molecule has 1 aromatic heterocycles. The monoisotopic (exact) mass is 602 g/mol. The molecule has 9 aromatic rings. The van der Waals surface area contributed by atoms with Gasteiger partial charge >= 0.3 is 0 Å². The van der Waals surface area contributed by atoms with Crippen LogP contribution in [0.25, 0.3) is 85.9 Å². The second-order valence-electron chi connectivity index (χ2n) is 13.3. The van der Waals surface area contributed by atoms with Crippen molar-refractivity contribution in [3.63, 3.8) is 0 Å². The van der Waals surface area contributed by atoms with Crippen LogP contribution >= 0.6 is 11.3 Å². The van der Waals surface area contributed by atoms with Crippen LogP contribution in [0.5, 0.6) is 0 Å². The highest BCUT2D eigenvalue weighted by Crippen LogP contribution is 2.53. The summed E-state index contributed by atoms with van der Waals surface area (Å²) in [7, 11) is 0. The van der Waals surface area contributed by atoms with Gasteiger partial charge in [-0.05, 0) is 101 Å². The van der Waals surface area contributed by atoms with Gasteiger partial charge in [0, 0.05) is 25.6 Å². The Balaban J connectivity index is 1.24. The van der Waals surface area contributed by atoms with Crippen molar-refractivity contribution >= 4 is 63.8 Å². The first-order chi connectivity index (χ1) is 22.6. The van der Waals surface area contributed by atoms with Gasteiger partial charge in [-0.25, -0.2) is 0 Å². The number of hydrogen-bond donors (Lipinski definition) is 0. The Bertz CT molecular complexity index is 2650. The van der Waals surface area contributed by atoms with E-state index in [0.717, 1.165) is 0 Å². The van der Waals surface area contributed by atoms with E-state index in [1.54, 1.807) is 0 Å². The van der Waals surface area contributed by atoms with E-state index in [-0.39, 0.29) is 5.41 Å². The van der Waals surface area contributed by atoms with Crippen LogP contribution in [0.2, 0.25) is 0 Å². The minimum Gasteiger partial charge on any atom is -0.135 e. The summed E-state index contributed by atoms with van der Waals surface area (Å²) in [5, 5.41) is 10.6. The molecule has 216 valence electrons. The van der Waals surface area contributed by atoms with Crippen molar-refractivity contribution in [2.45, 2.75) is 19.3 Å². The first kappa shape index (κ1) is 26.0. The van der Waals surface area contributed by atoms with Crippen molar-refractivity contribution in [1.82, 2.24) is 0 Å². The third kappa shape index (κ3) is 3.49. The van der Waals surface area contributed by atoms with Crippen molar-refractivity contribution in [2.24, 2.45) is 0 Å². The fourth-order valence-electron chi connectivity index (χ4n) is 8.26. The summed E-state index contributed by atoms with van der Waals surface area (Å²) in [6.45, 7) is 4.79. The third-order valence-corrected chi connectivity index (χ3v) is 11.7. The van der Waals surface area contributed by atoms with Gasteiger partial charge in [0.05, 0.1) is 0 Å². The molecule has 0 bridgehead atoms. The van der Waals surface area contributed by atoms with Gasteiger partial charge in [-0.15, -0.1) is 11.3 Å². The molecule has 0 spiro atoms. The molecule has 0 radical (unpaired) electrons. The highest BCUT2D eigenvalue weighted by atomic mass is 32.1. The van der Waals surface area contributed by atoms with Crippen molar-refractivity contribution in [1.29, 1.82) is 0 Å². The van der Waals surface area contributed by atoms with E-state index in [2.05, 4.69) is 159 Å². The summed E-state index contributed by atoms with van der Waals surface area (Å²) in [6, 6.07) is 54.4. The average Bonchev–Trinajstić information content (AvgIpc) is 3.58. The quantitative estimate of drug-likeness (QED) is 0.173. The zero-order chi connectivity index (χ0) is 30.6. The van der Waals surface area contributed by atoms with Crippen LogP contribution in [0.3, 0.4) is 0 Å². The number of fused-ring (bicyclic) bond motifs is 10. The lowest BCUT2D eigenvalue weighted by molar-refractivity contribution is 0.661. The van der Waals surface area contributed by atoms with Gasteiger partial charge in [-0.1, -0.05) is 135 Å². The van der Waals surface area contributed by atoms with E-state index in [9.17, 15) is 0 Å². The molecule has 8 aromatic carbocycles. The molecule has 1 heterocycles. The average molecular weight is 603 g/mol. The highest BCUT2D eigenvalue weighted by molar-refractivity contribution is 7.26. The van der Waals surface area contributed by atoms with Crippen LogP contribution in [0, 0.1) is 0 Å². The van der Waals surface area contributed by atoms with E-state index in [1.807, 2.05) is 11.3 Å². The molecule has 0 fully saturated rings. The van der Waals surface area contributed by atoms with Gasteiger partial charge in [0.15, 0.2) is 0 Å². The molecule has 0 amide bonds. The van der Waals surface area contributed by atoms with Crippen LogP contribution in [-0.4, -0.2) is 0 Å². The highest BCUT2D eigenvalue weighted by Gasteiger charge is 2.36. The molecule has 46 heavy (non-hydrogen) atoms. The fourth-order valence-corrected chi connectivity index (χ4v) is 9.49. The lowest BCUT2D eigenvalue weighted by Crippen LogP contribution is -2.14. The predicted octanol–water partition coefficient (Wildman–Crippen LogP) is 13.2. The molecular weight excluding hydrogens is 573 g/mol. The Hall–Kier alpha value is -5.24. The normalized spacial score (nSPS) is 13.6. The molecule has 0 saturated carbocycles. The van der Waals surface area contributed by atoms with Crippen LogP contribution in [-0.2, 0) is 5.41 Å². The van der Waals surface area contributed by atoms with Gasteiger partial charge in [0.1, 0.15) is 0 Å². The minimum absolute atomic E-state index is 0.0858. The second kappa shape index (κ2) is 9.39. The zero-order valence-corrected chi connectivity index (χ0v) is 26.6. The molecule has 0 unspecified atom stereocenters. The summed E-state index contributed by atoms with van der Waals surface area (Å²) in [4.78, 5) is 0. The van der Waals surface area contributed by atoms with Crippen LogP contribution in [0.1, 0.15) is 25.0 Å². The maximum atomic E-state index is 2.50. The Morgan fingerprint density at radius 1 is 0.413 bits per heavy atom. The second-order valence-corrected chi connectivity index (χ2v) is 14.3. The fraction of sp³-hybridized carbons (Fsp3) is 0.0667. The van der Waals surface area contributed by atoms with Gasteiger partial charge < -0.3 is 0 Å². The van der Waals surface area contributed by atoms with Crippen molar-refractivity contribution in [2.75, 3.05) is 0 Å². The van der Waals surface area contributed by atoms with Gasteiger partial charge in [0.2, 0.25) is 0 Å². The molecule has 1 heteroatoms. The number of benzene rings is 8. The first-order valence-corrected chi connectivity index (χ1v) is 16.9. The first-order valence-electron chi connectivity index (χ1n) is 16.1. The Morgan fingerprint density at radius 3 is 1.70 bits per heavy atom. The number of hydrogen-bond acceptors (Lipinski definition) is 1. The van der Waals surface area contributed by atoms with Crippen molar-refractivity contribution in [3.8, 4) is 33.4 Å². The van der Waals surface area contributed by atoms with E-state index < -0.39 is 0 Å². The summed E-state index contributed by atoms with van der Waals surface area (Å²) in [5.74, 6) is 0. The van der Waals surface area contributed by atoms with Crippen LogP contribution in [0.15, 0.2) is 146 Å². The van der Waals surface area contributed by atoms with Crippen LogP contribution in [0.4, 0.5) is 0 Å². The van der Waals surface area contributed by atoms with Gasteiger partial charge in [-0.3, -0.25) is 0 Å². The van der Waals surface area contributed by atoms with E-state index >= 15 is 0 Å². The smallest absolute Gasteiger partial charge is 0.0433 e. The SMILES string of the molecule is CC1(C)c2ccc(-c3c4ccccc4c(-c4ccccc4)c4ccccc34)cc2-c2cc3ccc4c5ccccc5sc4c3cc21. The lowest BCUT2D eigenvalue weighted by Gasteiger charge is -2.22. The standard InChI is InChI=1S/C45H30S/c1-45(2)39-23-21-29(43-33-17-8-6-15-31(33)42(27-12-4-3-5-13-27)32-16-7-9-18-34(32)43)25-37(39)38-24-28-20-22-35-30-14-10-11-19-41(30)46-44(35)36(28)26-40(38)45/h3-26H,1-2H3. The summed E-state index contributed by atoms with van der Waals surface area (Å²) < 4.78 is 2.75. The third-order valence-electron chi connectivity index (χ3n) is 10.4. The van der Waals surface area contributed by atoms with Crippen molar-refractivity contribution in [3.05, 3.63) is 157 Å². The Labute approximate surface area is 272 Å². The van der Waals surface area contributed by atoms with Crippen molar-refractivity contribution < 1.29 is 0 Å². The van der Waals surface area contributed by atoms with Gasteiger partial charge in [-0.2, -0.15) is 0 Å². The van der Waals surface area contributed by atoms with E-state index in [4.69, 9.17) is 0 Å². The molecule has 0 N–H and O–H groups in total. The number of rotatable bonds is 2.